The van der Waals surface area contributed by atoms with Crippen LogP contribution in [-0.4, -0.2) is 60.6 Å². The molecule has 3 aromatic rings. The Kier molecular flexibility index (Phi) is 9.12. The van der Waals surface area contributed by atoms with E-state index in [2.05, 4.69) is 62.4 Å². The fourth-order valence-corrected chi connectivity index (χ4v) is 5.96. The molecule has 1 unspecified atom stereocenters. The summed E-state index contributed by atoms with van der Waals surface area (Å²) in [6, 6.07) is 6.25. The number of ether oxygens (including phenoxy) is 2. The van der Waals surface area contributed by atoms with Gasteiger partial charge in [0.15, 0.2) is 6.23 Å². The van der Waals surface area contributed by atoms with E-state index in [4.69, 9.17) is 24.1 Å². The Balaban J connectivity index is 1.58. The summed E-state index contributed by atoms with van der Waals surface area (Å²) in [6.45, 7) is 12.6. The zero-order valence-corrected chi connectivity index (χ0v) is 24.9. The van der Waals surface area contributed by atoms with E-state index in [1.54, 1.807) is 11.3 Å². The highest BCUT2D eigenvalue weighted by Gasteiger charge is 2.39. The molecule has 0 aliphatic carbocycles. The predicted octanol–water partition coefficient (Wildman–Crippen LogP) is 5.89. The number of nitrogens with one attached hydrogen (secondary N) is 1. The van der Waals surface area contributed by atoms with Crippen molar-refractivity contribution < 1.29 is 23.8 Å². The molecular formula is C27H40N4O5SSi. The van der Waals surface area contributed by atoms with Gasteiger partial charge in [0.1, 0.15) is 11.4 Å². The first-order valence-corrected chi connectivity index (χ1v) is 17.1. The monoisotopic (exact) mass is 560 g/mol. The van der Waals surface area contributed by atoms with Crippen molar-refractivity contribution in [2.75, 3.05) is 26.4 Å². The van der Waals surface area contributed by atoms with Crippen LogP contribution in [-0.2, 0) is 15.9 Å². The van der Waals surface area contributed by atoms with Crippen molar-refractivity contribution in [2.45, 2.75) is 77.2 Å². The number of alkyl carbamates (subject to hydrolysis) is 1. The molecule has 9 nitrogen and oxygen atoms in total. The molecular weight excluding hydrogens is 520 g/mol. The van der Waals surface area contributed by atoms with E-state index in [1.807, 2.05) is 10.9 Å². The molecule has 0 radical (unpaired) electrons. The molecule has 1 aliphatic rings. The number of carbonyl (C=O) groups excluding carboxylic acids is 1. The second kappa shape index (κ2) is 12.1. The van der Waals surface area contributed by atoms with Gasteiger partial charge in [0, 0.05) is 37.8 Å². The highest BCUT2D eigenvalue weighted by molar-refractivity contribution is 7.15. The predicted molar refractivity (Wildman–Crippen MR) is 152 cm³/mol. The van der Waals surface area contributed by atoms with Crippen LogP contribution in [0.4, 0.5) is 4.79 Å². The molecule has 2 N–H and O–H groups in total. The van der Waals surface area contributed by atoms with Gasteiger partial charge in [-0.15, -0.1) is 11.3 Å². The summed E-state index contributed by atoms with van der Waals surface area (Å²) in [7, 11) is -2.01. The minimum absolute atomic E-state index is 0.0311. The van der Waals surface area contributed by atoms with Crippen LogP contribution in [0, 0.1) is 0 Å². The van der Waals surface area contributed by atoms with Crippen LogP contribution in [0.5, 0.6) is 5.75 Å². The number of thiazole rings is 1. The standard InChI is InChI=1S/C27H40N4O5SSi/c1-27(2,3)38(4,5)36-19-10-11-21-20(17-19)25(30-31(21)24-9-6-7-15-34-24)22-18-29-23(37-22)12-16-35-26(33)28-13-8-14-32/h10-11,17-18,24,32H,6-9,12-16H2,1-5H3,(H,28,33). The zero-order chi connectivity index (χ0) is 27.3. The van der Waals surface area contributed by atoms with Gasteiger partial charge < -0.3 is 24.3 Å². The average Bonchev–Trinajstić information content (AvgIpc) is 3.48. The number of nitrogens with zero attached hydrogens (tertiary/aromatic N) is 3. The minimum Gasteiger partial charge on any atom is -0.543 e. The number of aliphatic hydroxyl groups excluding tert-OH is 1. The molecule has 0 spiro atoms. The Morgan fingerprint density at radius 2 is 2.13 bits per heavy atom. The van der Waals surface area contributed by atoms with Crippen molar-refractivity contribution in [3.05, 3.63) is 29.4 Å². The molecule has 11 heteroatoms. The molecule has 38 heavy (non-hydrogen) atoms. The molecule has 2 aromatic heterocycles. The van der Waals surface area contributed by atoms with Crippen molar-refractivity contribution >= 4 is 36.7 Å². The first kappa shape index (κ1) is 28.5. The number of hydrogen-bond donors (Lipinski definition) is 2. The fraction of sp³-hybridized carbons (Fsp3) is 0.593. The normalized spacial score (nSPS) is 16.5. The van der Waals surface area contributed by atoms with Crippen LogP contribution >= 0.6 is 11.3 Å². The number of fused-ring (bicyclic) bond motifs is 1. The largest absolute Gasteiger partial charge is 0.543 e. The number of aromatic nitrogens is 3. The summed E-state index contributed by atoms with van der Waals surface area (Å²) >= 11 is 1.55. The molecule has 1 atom stereocenters. The Morgan fingerprint density at radius 3 is 2.84 bits per heavy atom. The summed E-state index contributed by atoms with van der Waals surface area (Å²) in [5.41, 5.74) is 1.88. The van der Waals surface area contributed by atoms with E-state index < -0.39 is 14.4 Å². The maximum absolute atomic E-state index is 11.8. The van der Waals surface area contributed by atoms with Gasteiger partial charge in [-0.05, 0) is 62.0 Å². The first-order valence-electron chi connectivity index (χ1n) is 13.4. The molecule has 1 saturated heterocycles. The van der Waals surface area contributed by atoms with Gasteiger partial charge in [0.2, 0.25) is 8.32 Å². The third-order valence-corrected chi connectivity index (χ3v) is 12.6. The smallest absolute Gasteiger partial charge is 0.407 e. The van der Waals surface area contributed by atoms with Gasteiger partial charge in [-0.2, -0.15) is 5.10 Å². The van der Waals surface area contributed by atoms with E-state index in [9.17, 15) is 4.79 Å². The lowest BCUT2D eigenvalue weighted by atomic mass is 10.1. The molecule has 208 valence electrons. The fourth-order valence-electron chi connectivity index (χ4n) is 4.04. The van der Waals surface area contributed by atoms with Crippen LogP contribution in [0.3, 0.4) is 0 Å². The quantitative estimate of drug-likeness (QED) is 0.235. The lowest BCUT2D eigenvalue weighted by Gasteiger charge is -2.36. The maximum atomic E-state index is 11.8. The third-order valence-electron chi connectivity index (χ3n) is 7.23. The van der Waals surface area contributed by atoms with E-state index in [0.717, 1.165) is 58.1 Å². The summed E-state index contributed by atoms with van der Waals surface area (Å²) in [4.78, 5) is 17.3. The number of amides is 1. The van der Waals surface area contributed by atoms with Gasteiger partial charge in [0.05, 0.1) is 22.0 Å². The molecule has 1 fully saturated rings. The number of carbonyl (C=O) groups is 1. The number of rotatable bonds is 10. The lowest BCUT2D eigenvalue weighted by Crippen LogP contribution is -2.43. The van der Waals surface area contributed by atoms with E-state index >= 15 is 0 Å². The molecule has 3 heterocycles. The van der Waals surface area contributed by atoms with Gasteiger partial charge in [0.25, 0.3) is 0 Å². The van der Waals surface area contributed by atoms with Crippen LogP contribution in [0.15, 0.2) is 24.4 Å². The van der Waals surface area contributed by atoms with Crippen molar-refractivity contribution in [2.24, 2.45) is 0 Å². The van der Waals surface area contributed by atoms with E-state index in [-0.39, 0.29) is 24.5 Å². The Labute approximate surface area is 229 Å². The van der Waals surface area contributed by atoms with Crippen LogP contribution in [0.1, 0.15) is 57.7 Å². The summed E-state index contributed by atoms with van der Waals surface area (Å²) in [6.07, 6.45) is 5.42. The summed E-state index contributed by atoms with van der Waals surface area (Å²) in [5.74, 6) is 0.861. The average molecular weight is 561 g/mol. The van der Waals surface area contributed by atoms with Gasteiger partial charge in [-0.3, -0.25) is 0 Å². The molecule has 1 aliphatic heterocycles. The highest BCUT2D eigenvalue weighted by atomic mass is 32.1. The van der Waals surface area contributed by atoms with Crippen molar-refractivity contribution in [1.82, 2.24) is 20.1 Å². The minimum atomic E-state index is -2.01. The molecule has 0 bridgehead atoms. The molecule has 1 amide bonds. The van der Waals surface area contributed by atoms with Crippen LogP contribution in [0.2, 0.25) is 18.1 Å². The third kappa shape index (κ3) is 6.74. The molecule has 4 rings (SSSR count). The SMILES string of the molecule is CC(C)(C)[Si](C)(C)Oc1ccc2c(c1)c(-c1cnc(CCOC(=O)NCCCO)s1)nn2C1CCCCO1. The summed E-state index contributed by atoms with van der Waals surface area (Å²) in [5, 5.41) is 18.4. The maximum Gasteiger partial charge on any atom is 0.407 e. The zero-order valence-electron chi connectivity index (χ0n) is 23.1. The van der Waals surface area contributed by atoms with Crippen molar-refractivity contribution in [3.8, 4) is 16.3 Å². The Hall–Kier alpha value is -2.47. The van der Waals surface area contributed by atoms with Crippen LogP contribution in [0.25, 0.3) is 21.5 Å². The van der Waals surface area contributed by atoms with Crippen LogP contribution < -0.4 is 9.74 Å². The van der Waals surface area contributed by atoms with Gasteiger partial charge in [-0.1, -0.05) is 20.8 Å². The second-order valence-electron chi connectivity index (χ2n) is 11.2. The van der Waals surface area contributed by atoms with Gasteiger partial charge >= 0.3 is 6.09 Å². The first-order chi connectivity index (χ1) is 18.1. The van der Waals surface area contributed by atoms with E-state index in [1.165, 1.54) is 0 Å². The van der Waals surface area contributed by atoms with Crippen molar-refractivity contribution in [3.63, 3.8) is 0 Å². The topological polar surface area (TPSA) is 108 Å². The Morgan fingerprint density at radius 1 is 1.32 bits per heavy atom. The Bertz CT molecular complexity index is 1230. The second-order valence-corrected chi connectivity index (χ2v) is 17.0. The number of benzene rings is 1. The van der Waals surface area contributed by atoms with Gasteiger partial charge in [-0.25, -0.2) is 14.5 Å². The lowest BCUT2D eigenvalue weighted by molar-refractivity contribution is -0.0365. The highest BCUT2D eigenvalue weighted by Crippen LogP contribution is 2.40. The van der Waals surface area contributed by atoms with Crippen molar-refractivity contribution in [1.29, 1.82) is 0 Å². The summed E-state index contributed by atoms with van der Waals surface area (Å²) < 4.78 is 20.0. The van der Waals surface area contributed by atoms with E-state index in [0.29, 0.717) is 19.4 Å². The number of aliphatic hydroxyl groups is 1. The molecule has 0 saturated carbocycles. The molecule has 1 aromatic carbocycles. The number of hydrogen-bond acceptors (Lipinski definition) is 8.